The molecule has 0 aliphatic rings. The molecule has 0 spiro atoms. The lowest BCUT2D eigenvalue weighted by atomic mass is 10.1. The predicted octanol–water partition coefficient (Wildman–Crippen LogP) is 2.74. The van der Waals surface area contributed by atoms with Crippen LogP contribution in [0.25, 0.3) is 0 Å². The molecule has 0 aromatic heterocycles. The Morgan fingerprint density at radius 2 is 2.11 bits per heavy atom. The molecule has 4 nitrogen and oxygen atoms in total. The monoisotopic (exact) mass is 313 g/mol. The van der Waals surface area contributed by atoms with Gasteiger partial charge in [-0.3, -0.25) is 4.79 Å². The quantitative estimate of drug-likeness (QED) is 0.878. The van der Waals surface area contributed by atoms with Gasteiger partial charge in [0, 0.05) is 10.0 Å². The molecule has 1 amide bonds. The highest BCUT2D eigenvalue weighted by Crippen LogP contribution is 2.16. The number of aliphatic carboxylic acids is 1. The first kappa shape index (κ1) is 14.7. The number of carbonyl (C=O) groups excluding carboxylic acids is 1. The van der Waals surface area contributed by atoms with Crippen LogP contribution in [0.15, 0.2) is 22.7 Å². The zero-order valence-electron chi connectivity index (χ0n) is 10.4. The number of carboxylic acid groups (broad SMARTS) is 1. The predicted molar refractivity (Wildman–Crippen MR) is 72.7 cm³/mol. The fraction of sp³-hybridized carbons (Fsp3) is 0.385. The molecular formula is C13H16BrNO3. The standard InChI is InChI=1S/C13H16BrNO3/c1-3-4-11(13(17)18)15-12(16)10-7-9(14)6-5-8(10)2/h5-7,11H,3-4H2,1-2H3,(H,15,16)(H,17,18). The van der Waals surface area contributed by atoms with E-state index in [1.165, 1.54) is 0 Å². The summed E-state index contributed by atoms with van der Waals surface area (Å²) >= 11 is 3.29. The van der Waals surface area contributed by atoms with Crippen LogP contribution in [-0.2, 0) is 4.79 Å². The van der Waals surface area contributed by atoms with Gasteiger partial charge in [0.25, 0.3) is 5.91 Å². The Bertz CT molecular complexity index is 460. The van der Waals surface area contributed by atoms with Crippen molar-refractivity contribution in [3.63, 3.8) is 0 Å². The van der Waals surface area contributed by atoms with Gasteiger partial charge in [-0.25, -0.2) is 4.79 Å². The molecule has 0 saturated carbocycles. The molecule has 0 saturated heterocycles. The Hall–Kier alpha value is -1.36. The van der Waals surface area contributed by atoms with Crippen LogP contribution in [-0.4, -0.2) is 23.0 Å². The summed E-state index contributed by atoms with van der Waals surface area (Å²) in [6.07, 6.45) is 1.13. The van der Waals surface area contributed by atoms with Crippen LogP contribution < -0.4 is 5.32 Å². The maximum absolute atomic E-state index is 12.0. The van der Waals surface area contributed by atoms with E-state index in [4.69, 9.17) is 5.11 Å². The van der Waals surface area contributed by atoms with Crippen molar-refractivity contribution in [3.05, 3.63) is 33.8 Å². The molecule has 0 bridgehead atoms. The van der Waals surface area contributed by atoms with Crippen molar-refractivity contribution in [1.82, 2.24) is 5.32 Å². The average molecular weight is 314 g/mol. The molecule has 1 rings (SSSR count). The van der Waals surface area contributed by atoms with E-state index in [0.29, 0.717) is 18.4 Å². The highest BCUT2D eigenvalue weighted by molar-refractivity contribution is 9.10. The molecule has 1 atom stereocenters. The van der Waals surface area contributed by atoms with Crippen LogP contribution in [0.1, 0.15) is 35.7 Å². The van der Waals surface area contributed by atoms with Crippen molar-refractivity contribution in [2.45, 2.75) is 32.7 Å². The van der Waals surface area contributed by atoms with E-state index >= 15 is 0 Å². The van der Waals surface area contributed by atoms with Crippen molar-refractivity contribution in [2.75, 3.05) is 0 Å². The summed E-state index contributed by atoms with van der Waals surface area (Å²) in [6, 6.07) is 4.51. The first-order chi connectivity index (χ1) is 8.45. The summed E-state index contributed by atoms with van der Waals surface area (Å²) in [7, 11) is 0. The Morgan fingerprint density at radius 1 is 1.44 bits per heavy atom. The van der Waals surface area contributed by atoms with E-state index in [2.05, 4.69) is 21.2 Å². The lowest BCUT2D eigenvalue weighted by molar-refractivity contribution is -0.139. The zero-order valence-corrected chi connectivity index (χ0v) is 12.0. The van der Waals surface area contributed by atoms with E-state index in [1.54, 1.807) is 6.07 Å². The molecule has 2 N–H and O–H groups in total. The molecule has 0 radical (unpaired) electrons. The third kappa shape index (κ3) is 3.84. The number of carbonyl (C=O) groups is 2. The van der Waals surface area contributed by atoms with Crippen molar-refractivity contribution in [1.29, 1.82) is 0 Å². The Labute approximate surface area is 115 Å². The van der Waals surface area contributed by atoms with Crippen molar-refractivity contribution >= 4 is 27.8 Å². The zero-order chi connectivity index (χ0) is 13.7. The molecule has 1 unspecified atom stereocenters. The molecule has 5 heteroatoms. The maximum atomic E-state index is 12.0. The summed E-state index contributed by atoms with van der Waals surface area (Å²) in [6.45, 7) is 3.70. The van der Waals surface area contributed by atoms with Crippen molar-refractivity contribution in [2.24, 2.45) is 0 Å². The van der Waals surface area contributed by atoms with E-state index in [-0.39, 0.29) is 5.91 Å². The van der Waals surface area contributed by atoms with Gasteiger partial charge in [-0.1, -0.05) is 35.3 Å². The third-order valence-electron chi connectivity index (χ3n) is 2.63. The van der Waals surface area contributed by atoms with Gasteiger partial charge in [0.05, 0.1) is 0 Å². The van der Waals surface area contributed by atoms with E-state index in [9.17, 15) is 9.59 Å². The number of halogens is 1. The van der Waals surface area contributed by atoms with E-state index in [0.717, 1.165) is 10.0 Å². The molecule has 1 aromatic carbocycles. The number of nitrogens with one attached hydrogen (secondary N) is 1. The number of rotatable bonds is 5. The van der Waals surface area contributed by atoms with Gasteiger partial charge in [0.15, 0.2) is 0 Å². The van der Waals surface area contributed by atoms with Crippen molar-refractivity contribution in [3.8, 4) is 0 Å². The van der Waals surface area contributed by atoms with E-state index in [1.807, 2.05) is 26.0 Å². The summed E-state index contributed by atoms with van der Waals surface area (Å²) in [4.78, 5) is 23.0. The number of hydrogen-bond donors (Lipinski definition) is 2. The minimum Gasteiger partial charge on any atom is -0.480 e. The average Bonchev–Trinajstić information content (AvgIpc) is 2.31. The van der Waals surface area contributed by atoms with Crippen LogP contribution in [0.2, 0.25) is 0 Å². The maximum Gasteiger partial charge on any atom is 0.326 e. The molecule has 0 aliphatic carbocycles. The smallest absolute Gasteiger partial charge is 0.326 e. The Morgan fingerprint density at radius 3 is 2.67 bits per heavy atom. The molecule has 18 heavy (non-hydrogen) atoms. The van der Waals surface area contributed by atoms with Gasteiger partial charge in [0.1, 0.15) is 6.04 Å². The highest BCUT2D eigenvalue weighted by Gasteiger charge is 2.20. The number of hydrogen-bond acceptors (Lipinski definition) is 2. The van der Waals surface area contributed by atoms with Gasteiger partial charge >= 0.3 is 5.97 Å². The molecule has 0 aliphatic heterocycles. The second-order valence-corrected chi connectivity index (χ2v) is 5.03. The second-order valence-electron chi connectivity index (χ2n) is 4.11. The molecule has 0 fully saturated rings. The number of carboxylic acids is 1. The van der Waals surface area contributed by atoms with Crippen LogP contribution in [0, 0.1) is 6.92 Å². The molecule has 1 aromatic rings. The third-order valence-corrected chi connectivity index (χ3v) is 3.12. The van der Waals surface area contributed by atoms with Crippen LogP contribution in [0.5, 0.6) is 0 Å². The van der Waals surface area contributed by atoms with Gasteiger partial charge in [-0.15, -0.1) is 0 Å². The van der Waals surface area contributed by atoms with Gasteiger partial charge in [0.2, 0.25) is 0 Å². The Kier molecular flexibility index (Phi) is 5.34. The number of benzene rings is 1. The number of amides is 1. The van der Waals surface area contributed by atoms with Gasteiger partial charge in [-0.2, -0.15) is 0 Å². The van der Waals surface area contributed by atoms with Gasteiger partial charge in [-0.05, 0) is 31.0 Å². The van der Waals surface area contributed by atoms with E-state index < -0.39 is 12.0 Å². The second kappa shape index (κ2) is 6.54. The lowest BCUT2D eigenvalue weighted by Crippen LogP contribution is -2.40. The summed E-state index contributed by atoms with van der Waals surface area (Å²) in [5, 5.41) is 11.5. The fourth-order valence-corrected chi connectivity index (χ4v) is 1.98. The molecule has 98 valence electrons. The Balaban J connectivity index is 2.86. The minimum absolute atomic E-state index is 0.352. The van der Waals surface area contributed by atoms with Crippen LogP contribution >= 0.6 is 15.9 Å². The lowest BCUT2D eigenvalue weighted by Gasteiger charge is -2.14. The van der Waals surface area contributed by atoms with Gasteiger partial charge < -0.3 is 10.4 Å². The number of aryl methyl sites for hydroxylation is 1. The van der Waals surface area contributed by atoms with Crippen molar-refractivity contribution < 1.29 is 14.7 Å². The first-order valence-electron chi connectivity index (χ1n) is 5.75. The SMILES string of the molecule is CCCC(NC(=O)c1cc(Br)ccc1C)C(=O)O. The van der Waals surface area contributed by atoms with Crippen LogP contribution in [0.3, 0.4) is 0 Å². The first-order valence-corrected chi connectivity index (χ1v) is 6.54. The minimum atomic E-state index is -1.00. The fourth-order valence-electron chi connectivity index (χ4n) is 1.62. The summed E-state index contributed by atoms with van der Waals surface area (Å²) < 4.78 is 0.792. The largest absolute Gasteiger partial charge is 0.480 e. The molecular weight excluding hydrogens is 298 g/mol. The van der Waals surface area contributed by atoms with Crippen LogP contribution in [0.4, 0.5) is 0 Å². The summed E-state index contributed by atoms with van der Waals surface area (Å²) in [5.41, 5.74) is 1.31. The normalized spacial score (nSPS) is 11.9. The molecule has 0 heterocycles. The highest BCUT2D eigenvalue weighted by atomic mass is 79.9. The summed E-state index contributed by atoms with van der Waals surface area (Å²) in [5.74, 6) is -1.35. The topological polar surface area (TPSA) is 66.4 Å².